The van der Waals surface area contributed by atoms with Gasteiger partial charge in [-0.1, -0.05) is 93.0 Å². The molecule has 1 aliphatic rings. The fraction of sp³-hybridized carbons (Fsp3) is 0.267. The minimum absolute atomic E-state index is 0.0641. The Labute approximate surface area is 212 Å². The summed E-state index contributed by atoms with van der Waals surface area (Å²) in [4.78, 5) is 19.9. The van der Waals surface area contributed by atoms with E-state index in [0.717, 1.165) is 16.7 Å². The summed E-state index contributed by atoms with van der Waals surface area (Å²) in [5, 5.41) is 11.9. The lowest BCUT2D eigenvalue weighted by molar-refractivity contribution is -0.121. The fourth-order valence-electron chi connectivity index (χ4n) is 4.28. The molecule has 0 aromatic heterocycles. The number of aliphatic hydroxyl groups is 1. The summed E-state index contributed by atoms with van der Waals surface area (Å²) in [6.45, 7) is 8.36. The maximum Gasteiger partial charge on any atom is 0.254 e. The molecule has 0 unspecified atom stereocenters. The molecule has 4 rings (SSSR count). The minimum atomic E-state index is -1.09. The number of hydrogen-bond donors (Lipinski definition) is 1. The van der Waals surface area contributed by atoms with Crippen LogP contribution in [0.25, 0.3) is 6.08 Å². The van der Waals surface area contributed by atoms with E-state index in [-0.39, 0.29) is 11.3 Å². The third-order valence-corrected chi connectivity index (χ3v) is 6.65. The van der Waals surface area contributed by atoms with Crippen LogP contribution in [0.4, 0.5) is 5.69 Å². The summed E-state index contributed by atoms with van der Waals surface area (Å²) in [5.74, 6) is -0.275. The van der Waals surface area contributed by atoms with Gasteiger partial charge in [-0.25, -0.2) is 0 Å². The number of fused-ring (bicyclic) bond motifs is 1. The van der Waals surface area contributed by atoms with Crippen molar-refractivity contribution in [3.05, 3.63) is 106 Å². The largest absolute Gasteiger partial charge is 0.386 e. The number of anilines is 1. The van der Waals surface area contributed by atoms with E-state index in [9.17, 15) is 9.90 Å². The number of benzodiazepines with no additional fused rings is 1. The zero-order valence-corrected chi connectivity index (χ0v) is 21.5. The first kappa shape index (κ1) is 24.9. The molecule has 0 spiro atoms. The number of aliphatic hydroxyl groups excluding tert-OH is 1. The smallest absolute Gasteiger partial charge is 0.254 e. The zero-order valence-electron chi connectivity index (χ0n) is 20.8. The predicted molar refractivity (Wildman–Crippen MR) is 146 cm³/mol. The lowest BCUT2D eigenvalue weighted by Gasteiger charge is -2.24. The second-order valence-corrected chi connectivity index (χ2v) is 10.5. The lowest BCUT2D eigenvalue weighted by Crippen LogP contribution is -2.42. The Morgan fingerprint density at radius 3 is 2.34 bits per heavy atom. The van der Waals surface area contributed by atoms with Gasteiger partial charge in [-0.2, -0.15) is 0 Å². The van der Waals surface area contributed by atoms with Crippen LogP contribution in [-0.4, -0.2) is 35.9 Å². The maximum absolute atomic E-state index is 13.5. The molecule has 2 atom stereocenters. The molecule has 3 aromatic rings. The molecular formula is C30H31ClN2O2. The van der Waals surface area contributed by atoms with Crippen LogP contribution in [0, 0.1) is 0 Å². The van der Waals surface area contributed by atoms with Crippen molar-refractivity contribution >= 4 is 35.0 Å². The highest BCUT2D eigenvalue weighted by Gasteiger charge is 2.35. The summed E-state index contributed by atoms with van der Waals surface area (Å²) < 4.78 is 0. The van der Waals surface area contributed by atoms with Crippen molar-refractivity contribution in [1.82, 2.24) is 0 Å². The van der Waals surface area contributed by atoms with E-state index >= 15 is 0 Å². The monoisotopic (exact) mass is 486 g/mol. The number of amides is 1. The Balaban J connectivity index is 1.76. The molecule has 0 bridgehead atoms. The van der Waals surface area contributed by atoms with Gasteiger partial charge in [0, 0.05) is 23.2 Å². The first-order valence-electron chi connectivity index (χ1n) is 11.7. The number of nitrogens with zero attached hydrogens (tertiary/aromatic N) is 2. The Kier molecular flexibility index (Phi) is 6.98. The van der Waals surface area contributed by atoms with E-state index in [0.29, 0.717) is 22.0 Å². The summed E-state index contributed by atoms with van der Waals surface area (Å²) in [7, 11) is 1.71. The van der Waals surface area contributed by atoms with Gasteiger partial charge in [0.25, 0.3) is 5.91 Å². The Morgan fingerprint density at radius 2 is 1.71 bits per heavy atom. The second-order valence-electron chi connectivity index (χ2n) is 10.1. The number of rotatable bonds is 4. The van der Waals surface area contributed by atoms with Gasteiger partial charge in [-0.15, -0.1) is 0 Å². The second kappa shape index (κ2) is 9.80. The van der Waals surface area contributed by atoms with Crippen LogP contribution >= 0.6 is 11.6 Å². The van der Waals surface area contributed by atoms with Gasteiger partial charge in [0.2, 0.25) is 0 Å². The SMILES string of the molecule is C/C(=C\c1ccc(C(C)(C)C)cc1)[C@@H](O)[C@H]1N=C(c2ccccc2)c2cc(Cl)ccc2N(C)C1=O. The molecular weight excluding hydrogens is 456 g/mol. The topological polar surface area (TPSA) is 52.9 Å². The first-order valence-corrected chi connectivity index (χ1v) is 12.1. The van der Waals surface area contributed by atoms with Gasteiger partial charge >= 0.3 is 0 Å². The molecule has 1 amide bonds. The average molecular weight is 487 g/mol. The molecule has 1 N–H and O–H groups in total. The van der Waals surface area contributed by atoms with Crippen LogP contribution in [-0.2, 0) is 10.2 Å². The third kappa shape index (κ3) is 5.24. The Morgan fingerprint density at radius 1 is 1.06 bits per heavy atom. The molecule has 0 radical (unpaired) electrons. The zero-order chi connectivity index (χ0) is 25.3. The molecule has 0 aliphatic carbocycles. The highest BCUT2D eigenvalue weighted by Crippen LogP contribution is 2.32. The third-order valence-electron chi connectivity index (χ3n) is 6.41. The molecule has 1 heterocycles. The molecule has 3 aromatic carbocycles. The van der Waals surface area contributed by atoms with Crippen LogP contribution in [0.1, 0.15) is 49.9 Å². The number of aliphatic imine (C=N–C) groups is 1. The lowest BCUT2D eigenvalue weighted by atomic mass is 9.86. The summed E-state index contributed by atoms with van der Waals surface area (Å²) >= 11 is 6.33. The molecule has 0 fully saturated rings. The van der Waals surface area contributed by atoms with E-state index in [1.165, 1.54) is 5.56 Å². The molecule has 4 nitrogen and oxygen atoms in total. The van der Waals surface area contributed by atoms with Crippen molar-refractivity contribution in [2.24, 2.45) is 4.99 Å². The number of halogens is 1. The molecule has 0 saturated carbocycles. The molecule has 0 saturated heterocycles. The van der Waals surface area contributed by atoms with E-state index in [2.05, 4.69) is 32.9 Å². The van der Waals surface area contributed by atoms with Crippen molar-refractivity contribution in [2.75, 3.05) is 11.9 Å². The number of hydrogen-bond acceptors (Lipinski definition) is 3. The molecule has 1 aliphatic heterocycles. The van der Waals surface area contributed by atoms with Crippen LogP contribution in [0.2, 0.25) is 5.02 Å². The quantitative estimate of drug-likeness (QED) is 0.471. The Bertz CT molecular complexity index is 1290. The predicted octanol–water partition coefficient (Wildman–Crippen LogP) is 6.28. The number of carbonyl (C=O) groups is 1. The van der Waals surface area contributed by atoms with Crippen molar-refractivity contribution in [2.45, 2.75) is 45.3 Å². The molecule has 180 valence electrons. The van der Waals surface area contributed by atoms with Crippen molar-refractivity contribution < 1.29 is 9.90 Å². The Hall–Kier alpha value is -3.21. The minimum Gasteiger partial charge on any atom is -0.386 e. The molecule has 35 heavy (non-hydrogen) atoms. The summed E-state index contributed by atoms with van der Waals surface area (Å²) in [5.41, 5.74) is 5.88. The standard InChI is InChI=1S/C30H31ClN2O2/c1-19(17-20-11-13-22(14-12-20)30(2,3)4)28(34)27-29(35)33(5)25-16-15-23(31)18-24(25)26(32-27)21-9-7-6-8-10-21/h6-18,27-28,34H,1-5H3/b19-17+/t27-,28-/m1/s1. The van der Waals surface area contributed by atoms with E-state index in [1.54, 1.807) is 18.0 Å². The highest BCUT2D eigenvalue weighted by atomic mass is 35.5. The van der Waals surface area contributed by atoms with Gasteiger partial charge in [0.1, 0.15) is 6.10 Å². The van der Waals surface area contributed by atoms with Gasteiger partial charge in [0.05, 0.1) is 11.4 Å². The maximum atomic E-state index is 13.5. The van der Waals surface area contributed by atoms with Gasteiger partial charge in [0.15, 0.2) is 6.04 Å². The first-order chi connectivity index (χ1) is 16.6. The van der Waals surface area contributed by atoms with Crippen LogP contribution in [0.5, 0.6) is 0 Å². The van der Waals surface area contributed by atoms with Crippen molar-refractivity contribution in [3.63, 3.8) is 0 Å². The van der Waals surface area contributed by atoms with Crippen LogP contribution in [0.3, 0.4) is 0 Å². The van der Waals surface area contributed by atoms with Crippen molar-refractivity contribution in [1.29, 1.82) is 0 Å². The number of carbonyl (C=O) groups excluding carboxylic acids is 1. The summed E-state index contributed by atoms with van der Waals surface area (Å²) in [6, 6.07) is 22.4. The van der Waals surface area contributed by atoms with Gasteiger partial charge in [-0.3, -0.25) is 9.79 Å². The van der Waals surface area contributed by atoms with E-state index in [1.807, 2.05) is 67.6 Å². The van der Waals surface area contributed by atoms with E-state index in [4.69, 9.17) is 16.6 Å². The summed E-state index contributed by atoms with van der Waals surface area (Å²) in [6.07, 6.45) is 0.826. The normalized spacial score (nSPS) is 17.5. The van der Waals surface area contributed by atoms with E-state index < -0.39 is 12.1 Å². The van der Waals surface area contributed by atoms with Crippen LogP contribution in [0.15, 0.2) is 83.4 Å². The average Bonchev–Trinajstić information content (AvgIpc) is 2.93. The molecule has 5 heteroatoms. The van der Waals surface area contributed by atoms with Crippen LogP contribution < -0.4 is 4.90 Å². The van der Waals surface area contributed by atoms with Gasteiger partial charge in [-0.05, 0) is 47.2 Å². The highest BCUT2D eigenvalue weighted by molar-refractivity contribution is 6.32. The fourth-order valence-corrected chi connectivity index (χ4v) is 4.45. The van der Waals surface area contributed by atoms with Gasteiger partial charge < -0.3 is 10.0 Å². The number of likely N-dealkylation sites (N-methyl/N-ethyl adjacent to an activating group) is 1. The van der Waals surface area contributed by atoms with Crippen molar-refractivity contribution in [3.8, 4) is 0 Å². The number of benzene rings is 3.